The maximum atomic E-state index is 12.2. The van der Waals surface area contributed by atoms with Crippen LogP contribution in [0.4, 0.5) is 11.4 Å². The van der Waals surface area contributed by atoms with Crippen molar-refractivity contribution >= 4 is 23.3 Å². The maximum Gasteiger partial charge on any atom is 0.357 e. The van der Waals surface area contributed by atoms with Gasteiger partial charge in [-0.2, -0.15) is 5.10 Å². The van der Waals surface area contributed by atoms with E-state index in [4.69, 9.17) is 9.84 Å². The molecule has 0 saturated carbocycles. The number of nitro benzene ring substituents is 1. The number of carbonyl (C=O) groups excluding carboxylic acids is 1. The molecule has 0 saturated heterocycles. The first-order valence-electron chi connectivity index (χ1n) is 6.24. The minimum atomic E-state index is -1.34. The summed E-state index contributed by atoms with van der Waals surface area (Å²) in [7, 11) is 2.77. The molecule has 0 bridgehead atoms. The number of benzene rings is 1. The van der Waals surface area contributed by atoms with E-state index in [9.17, 15) is 19.7 Å². The normalized spacial score (nSPS) is 10.2. The molecule has 2 aromatic rings. The average Bonchev–Trinajstić information content (AvgIpc) is 2.89. The average molecular weight is 320 g/mol. The van der Waals surface area contributed by atoms with Crippen LogP contribution >= 0.6 is 0 Å². The Kier molecular flexibility index (Phi) is 4.25. The number of nitrogens with zero attached hydrogens (tertiary/aromatic N) is 3. The Morgan fingerprint density at radius 1 is 1.43 bits per heavy atom. The number of aryl methyl sites for hydroxylation is 1. The molecule has 2 rings (SSSR count). The van der Waals surface area contributed by atoms with Gasteiger partial charge >= 0.3 is 5.97 Å². The number of aromatic carboxylic acids is 1. The monoisotopic (exact) mass is 320 g/mol. The van der Waals surface area contributed by atoms with Gasteiger partial charge < -0.3 is 15.2 Å². The zero-order valence-electron chi connectivity index (χ0n) is 12.1. The number of methoxy groups -OCH3 is 1. The third kappa shape index (κ3) is 3.26. The molecule has 0 fully saturated rings. The van der Waals surface area contributed by atoms with E-state index in [-0.39, 0.29) is 22.7 Å². The van der Waals surface area contributed by atoms with Crippen LogP contribution in [0.15, 0.2) is 24.4 Å². The molecule has 1 aromatic heterocycles. The number of amides is 1. The van der Waals surface area contributed by atoms with Gasteiger partial charge in [0.2, 0.25) is 0 Å². The summed E-state index contributed by atoms with van der Waals surface area (Å²) in [4.78, 5) is 33.4. The third-order valence-corrected chi connectivity index (χ3v) is 2.92. The summed E-state index contributed by atoms with van der Waals surface area (Å²) >= 11 is 0. The van der Waals surface area contributed by atoms with Crippen molar-refractivity contribution in [1.29, 1.82) is 0 Å². The van der Waals surface area contributed by atoms with Crippen LogP contribution in [-0.2, 0) is 7.05 Å². The number of anilines is 1. The maximum absolute atomic E-state index is 12.2. The van der Waals surface area contributed by atoms with Gasteiger partial charge in [-0.05, 0) is 6.07 Å². The van der Waals surface area contributed by atoms with E-state index in [0.717, 1.165) is 6.07 Å². The highest BCUT2D eigenvalue weighted by Gasteiger charge is 2.22. The summed E-state index contributed by atoms with van der Waals surface area (Å²) < 4.78 is 6.20. The summed E-state index contributed by atoms with van der Waals surface area (Å²) in [5.41, 5.74) is -0.568. The van der Waals surface area contributed by atoms with Crippen molar-refractivity contribution in [3.05, 3.63) is 45.8 Å². The van der Waals surface area contributed by atoms with E-state index in [1.165, 1.54) is 37.2 Å². The summed E-state index contributed by atoms with van der Waals surface area (Å²) in [5.74, 6) is -1.98. The van der Waals surface area contributed by atoms with Gasteiger partial charge in [-0.1, -0.05) is 0 Å². The highest BCUT2D eigenvalue weighted by Crippen LogP contribution is 2.29. The van der Waals surface area contributed by atoms with Gasteiger partial charge in [-0.25, -0.2) is 4.79 Å². The van der Waals surface area contributed by atoms with Crippen molar-refractivity contribution in [3.8, 4) is 5.75 Å². The SMILES string of the molecule is COc1cc([N+](=O)[O-])ccc1NC(=O)c1cn(C)nc1C(=O)O. The van der Waals surface area contributed by atoms with Crippen LogP contribution in [-0.4, -0.2) is 38.8 Å². The Morgan fingerprint density at radius 3 is 2.70 bits per heavy atom. The minimum Gasteiger partial charge on any atom is -0.494 e. The molecule has 0 aliphatic rings. The number of aromatic nitrogens is 2. The Balaban J connectivity index is 2.34. The number of nitro groups is 1. The first-order chi connectivity index (χ1) is 10.8. The largest absolute Gasteiger partial charge is 0.494 e. The molecule has 0 aliphatic heterocycles. The molecule has 10 heteroatoms. The molecular weight excluding hydrogens is 308 g/mol. The number of hydrogen-bond donors (Lipinski definition) is 2. The zero-order valence-corrected chi connectivity index (χ0v) is 12.1. The van der Waals surface area contributed by atoms with Crippen LogP contribution in [0.25, 0.3) is 0 Å². The van der Waals surface area contributed by atoms with Gasteiger partial charge in [0.15, 0.2) is 5.69 Å². The van der Waals surface area contributed by atoms with Crippen LogP contribution in [0.1, 0.15) is 20.8 Å². The molecule has 120 valence electrons. The predicted octanol–water partition coefficient (Wildman–Crippen LogP) is 1.29. The second kappa shape index (κ2) is 6.13. The lowest BCUT2D eigenvalue weighted by Gasteiger charge is -2.09. The molecule has 10 nitrogen and oxygen atoms in total. The van der Waals surface area contributed by atoms with E-state index in [1.54, 1.807) is 0 Å². The van der Waals surface area contributed by atoms with Crippen molar-refractivity contribution in [3.63, 3.8) is 0 Å². The summed E-state index contributed by atoms with van der Waals surface area (Å²) in [6, 6.07) is 3.64. The second-order valence-electron chi connectivity index (χ2n) is 4.47. The van der Waals surface area contributed by atoms with Crippen LogP contribution in [0.2, 0.25) is 0 Å². The summed E-state index contributed by atoms with van der Waals surface area (Å²) in [6.07, 6.45) is 1.26. The van der Waals surface area contributed by atoms with Crippen molar-refractivity contribution in [1.82, 2.24) is 9.78 Å². The Labute approximate surface area is 129 Å². The second-order valence-corrected chi connectivity index (χ2v) is 4.47. The fraction of sp³-hybridized carbons (Fsp3) is 0.154. The fourth-order valence-corrected chi connectivity index (χ4v) is 1.90. The van der Waals surface area contributed by atoms with Crippen molar-refractivity contribution in [2.75, 3.05) is 12.4 Å². The first-order valence-corrected chi connectivity index (χ1v) is 6.24. The highest BCUT2D eigenvalue weighted by atomic mass is 16.6. The van der Waals surface area contributed by atoms with Crippen LogP contribution < -0.4 is 10.1 Å². The number of carboxylic acid groups (broad SMARTS) is 1. The van der Waals surface area contributed by atoms with Crippen molar-refractivity contribution in [2.45, 2.75) is 0 Å². The highest BCUT2D eigenvalue weighted by molar-refractivity contribution is 6.10. The van der Waals surface area contributed by atoms with E-state index in [1.807, 2.05) is 0 Å². The fourth-order valence-electron chi connectivity index (χ4n) is 1.90. The minimum absolute atomic E-state index is 0.0771. The number of rotatable bonds is 5. The van der Waals surface area contributed by atoms with Gasteiger partial charge in [0, 0.05) is 19.3 Å². The van der Waals surface area contributed by atoms with Crippen LogP contribution in [0.5, 0.6) is 5.75 Å². The summed E-state index contributed by atoms with van der Waals surface area (Å²) in [6.45, 7) is 0. The molecule has 23 heavy (non-hydrogen) atoms. The van der Waals surface area contributed by atoms with Crippen molar-refractivity contribution < 1.29 is 24.4 Å². The number of ether oxygens (including phenoxy) is 1. The molecule has 0 atom stereocenters. The van der Waals surface area contributed by atoms with Gasteiger partial charge in [0.05, 0.1) is 29.4 Å². The first kappa shape index (κ1) is 15.9. The van der Waals surface area contributed by atoms with Gasteiger partial charge in [-0.15, -0.1) is 0 Å². The molecular formula is C13H12N4O6. The van der Waals surface area contributed by atoms with E-state index >= 15 is 0 Å². The lowest BCUT2D eigenvalue weighted by molar-refractivity contribution is -0.384. The smallest absolute Gasteiger partial charge is 0.357 e. The van der Waals surface area contributed by atoms with Gasteiger partial charge in [0.1, 0.15) is 5.75 Å². The Morgan fingerprint density at radius 2 is 2.13 bits per heavy atom. The number of carboxylic acids is 1. The number of nitrogens with one attached hydrogen (secondary N) is 1. The molecule has 2 N–H and O–H groups in total. The zero-order chi connectivity index (χ0) is 17.1. The summed E-state index contributed by atoms with van der Waals surface area (Å²) in [5, 5.41) is 25.9. The lowest BCUT2D eigenvalue weighted by atomic mass is 10.2. The van der Waals surface area contributed by atoms with E-state index in [0.29, 0.717) is 0 Å². The number of non-ortho nitro benzene ring substituents is 1. The Bertz CT molecular complexity index is 798. The Hall–Kier alpha value is -3.43. The molecule has 1 amide bonds. The molecule has 1 heterocycles. The molecule has 0 radical (unpaired) electrons. The quantitative estimate of drug-likeness (QED) is 0.625. The van der Waals surface area contributed by atoms with Crippen molar-refractivity contribution in [2.24, 2.45) is 7.05 Å². The molecule has 0 spiro atoms. The molecule has 0 aliphatic carbocycles. The van der Waals surface area contributed by atoms with Gasteiger partial charge in [-0.3, -0.25) is 19.6 Å². The van der Waals surface area contributed by atoms with E-state index < -0.39 is 22.5 Å². The standard InChI is InChI=1S/C13H12N4O6/c1-16-6-8(11(15-16)13(19)20)12(18)14-9-4-3-7(17(21)22)5-10(9)23-2/h3-6H,1-2H3,(H,14,18)(H,19,20). The topological polar surface area (TPSA) is 137 Å². The van der Waals surface area contributed by atoms with Gasteiger partial charge in [0.25, 0.3) is 11.6 Å². The van der Waals surface area contributed by atoms with Crippen LogP contribution in [0.3, 0.4) is 0 Å². The number of carbonyl (C=O) groups is 2. The number of hydrogen-bond acceptors (Lipinski definition) is 6. The predicted molar refractivity (Wildman–Crippen MR) is 77.8 cm³/mol. The molecule has 1 aromatic carbocycles. The third-order valence-electron chi connectivity index (χ3n) is 2.92. The molecule has 0 unspecified atom stereocenters. The van der Waals surface area contributed by atoms with E-state index in [2.05, 4.69) is 10.4 Å². The van der Waals surface area contributed by atoms with Crippen LogP contribution in [0, 0.1) is 10.1 Å². The lowest BCUT2D eigenvalue weighted by Crippen LogP contribution is -2.15.